The molecule has 4 rings (SSSR count). The maximum Gasteiger partial charge on any atom is 0.421 e. The highest BCUT2D eigenvalue weighted by Gasteiger charge is 2.38. The van der Waals surface area contributed by atoms with E-state index in [4.69, 9.17) is 18.9 Å². The lowest BCUT2D eigenvalue weighted by atomic mass is 9.82. The first-order valence-electron chi connectivity index (χ1n) is 15.3. The smallest absolute Gasteiger partial charge is 0.421 e. The van der Waals surface area contributed by atoms with Crippen molar-refractivity contribution in [2.45, 2.75) is 51.7 Å². The van der Waals surface area contributed by atoms with Crippen molar-refractivity contribution < 1.29 is 46.1 Å². The summed E-state index contributed by atoms with van der Waals surface area (Å²) in [5.41, 5.74) is -0.844. The Kier molecular flexibility index (Phi) is 12.1. The molecule has 0 atom stereocenters. The molecule has 3 aromatic rings. The van der Waals surface area contributed by atoms with Crippen LogP contribution in [0.25, 0.3) is 0 Å². The molecule has 9 nitrogen and oxygen atoms in total. The standard InChI is InChI=1S/C35H37F4N3O6/c1-21-9-12-24(13-10-21)33(43)42(26(19-45-3)20-46-4)30-17-29(36)31(16-27(30)34(44)47-5)48-32-28(35(37,38)39)15-23(18-40-32)11-14-25-8-6-7-22(2)41-25/h6-8,15-18,21,24,26H,9-10,12-13,19-20H2,1-5H3. The quantitative estimate of drug-likeness (QED) is 0.133. The van der Waals surface area contributed by atoms with Gasteiger partial charge in [-0.05, 0) is 62.6 Å². The van der Waals surface area contributed by atoms with E-state index in [9.17, 15) is 22.8 Å². The van der Waals surface area contributed by atoms with Gasteiger partial charge in [0.1, 0.15) is 11.3 Å². The number of aromatic nitrogens is 2. The first kappa shape index (κ1) is 36.3. The van der Waals surface area contributed by atoms with E-state index in [-0.39, 0.29) is 35.9 Å². The molecule has 0 saturated heterocycles. The van der Waals surface area contributed by atoms with Crippen molar-refractivity contribution in [3.8, 4) is 23.5 Å². The number of methoxy groups -OCH3 is 3. The number of carbonyl (C=O) groups is 2. The van der Waals surface area contributed by atoms with Gasteiger partial charge in [-0.3, -0.25) is 4.79 Å². The van der Waals surface area contributed by atoms with Gasteiger partial charge in [0.25, 0.3) is 0 Å². The lowest BCUT2D eigenvalue weighted by molar-refractivity contribution is -0.139. The van der Waals surface area contributed by atoms with Crippen LogP contribution in [-0.2, 0) is 25.2 Å². The number of carbonyl (C=O) groups excluding carboxylic acids is 2. The van der Waals surface area contributed by atoms with Gasteiger partial charge >= 0.3 is 12.1 Å². The van der Waals surface area contributed by atoms with Crippen LogP contribution in [0.2, 0.25) is 0 Å². The van der Waals surface area contributed by atoms with E-state index in [1.54, 1.807) is 25.1 Å². The zero-order chi connectivity index (χ0) is 35.0. The molecule has 2 aromatic heterocycles. The average molecular weight is 672 g/mol. The molecule has 256 valence electrons. The molecule has 1 saturated carbocycles. The summed E-state index contributed by atoms with van der Waals surface area (Å²) in [7, 11) is 3.93. The van der Waals surface area contributed by atoms with Crippen LogP contribution in [0.5, 0.6) is 11.6 Å². The van der Waals surface area contributed by atoms with Crippen molar-refractivity contribution in [1.82, 2.24) is 9.97 Å². The summed E-state index contributed by atoms with van der Waals surface area (Å²) in [4.78, 5) is 36.4. The molecule has 0 bridgehead atoms. The minimum absolute atomic E-state index is 0.0166. The van der Waals surface area contributed by atoms with Crippen LogP contribution in [0.1, 0.15) is 65.5 Å². The number of hydrogen-bond donors (Lipinski definition) is 0. The van der Waals surface area contributed by atoms with Crippen molar-refractivity contribution in [2.24, 2.45) is 11.8 Å². The predicted molar refractivity (Wildman–Crippen MR) is 168 cm³/mol. The minimum atomic E-state index is -4.96. The van der Waals surface area contributed by atoms with Crippen LogP contribution in [0.3, 0.4) is 0 Å². The number of amides is 1. The van der Waals surface area contributed by atoms with E-state index < -0.39 is 47.1 Å². The summed E-state index contributed by atoms with van der Waals surface area (Å²) in [6, 6.07) is 6.79. The van der Waals surface area contributed by atoms with Crippen LogP contribution >= 0.6 is 0 Å². The third-order valence-corrected chi connectivity index (χ3v) is 7.99. The van der Waals surface area contributed by atoms with Crippen LogP contribution in [0.15, 0.2) is 42.6 Å². The molecule has 0 N–H and O–H groups in total. The fourth-order valence-corrected chi connectivity index (χ4v) is 5.53. The second-order valence-corrected chi connectivity index (χ2v) is 11.6. The van der Waals surface area contributed by atoms with Gasteiger partial charge in [-0.15, -0.1) is 0 Å². The Morgan fingerprint density at radius 1 is 1.02 bits per heavy atom. The van der Waals surface area contributed by atoms with E-state index >= 15 is 4.39 Å². The summed E-state index contributed by atoms with van der Waals surface area (Å²) in [5, 5.41) is 0. The number of rotatable bonds is 10. The molecule has 1 fully saturated rings. The number of benzene rings is 1. The predicted octanol–water partition coefficient (Wildman–Crippen LogP) is 6.74. The number of nitrogens with zero attached hydrogens (tertiary/aromatic N) is 3. The van der Waals surface area contributed by atoms with E-state index in [0.717, 1.165) is 44.3 Å². The first-order chi connectivity index (χ1) is 22.9. The van der Waals surface area contributed by atoms with Crippen LogP contribution in [0.4, 0.5) is 23.2 Å². The maximum absolute atomic E-state index is 15.9. The molecule has 48 heavy (non-hydrogen) atoms. The average Bonchev–Trinajstić information content (AvgIpc) is 3.05. The van der Waals surface area contributed by atoms with Crippen LogP contribution in [-0.4, -0.2) is 62.4 Å². The van der Waals surface area contributed by atoms with E-state index in [1.165, 1.54) is 19.1 Å². The zero-order valence-corrected chi connectivity index (χ0v) is 27.3. The van der Waals surface area contributed by atoms with Gasteiger partial charge in [-0.2, -0.15) is 13.2 Å². The normalized spacial score (nSPS) is 16.2. The molecule has 0 radical (unpaired) electrons. The number of hydrogen-bond acceptors (Lipinski definition) is 8. The van der Waals surface area contributed by atoms with E-state index in [0.29, 0.717) is 30.1 Å². The van der Waals surface area contributed by atoms with Crippen molar-refractivity contribution >= 4 is 17.6 Å². The molecule has 13 heteroatoms. The highest BCUT2D eigenvalue weighted by atomic mass is 19.4. The van der Waals surface area contributed by atoms with Crippen molar-refractivity contribution in [1.29, 1.82) is 0 Å². The zero-order valence-electron chi connectivity index (χ0n) is 27.3. The van der Waals surface area contributed by atoms with Gasteiger partial charge in [0.15, 0.2) is 11.6 Å². The van der Waals surface area contributed by atoms with Crippen molar-refractivity contribution in [3.63, 3.8) is 0 Å². The SMILES string of the molecule is COCC(COC)N(C(=O)C1CCC(C)CC1)c1cc(F)c(Oc2ncc(C#Cc3cccc(C)n3)cc2C(F)(F)F)cc1C(=O)OC. The summed E-state index contributed by atoms with van der Waals surface area (Å²) >= 11 is 0. The summed E-state index contributed by atoms with van der Waals surface area (Å²) in [6.07, 6.45) is -1.10. The summed E-state index contributed by atoms with van der Waals surface area (Å²) in [5.74, 6) is 1.13. The maximum atomic E-state index is 15.9. The lowest BCUT2D eigenvalue weighted by Crippen LogP contribution is -2.49. The van der Waals surface area contributed by atoms with Crippen LogP contribution < -0.4 is 9.64 Å². The van der Waals surface area contributed by atoms with Gasteiger partial charge in [0.05, 0.1) is 37.6 Å². The Balaban J connectivity index is 1.78. The molecule has 1 aromatic carbocycles. The topological polar surface area (TPSA) is 100 Å². The summed E-state index contributed by atoms with van der Waals surface area (Å²) < 4.78 is 79.4. The number of ether oxygens (including phenoxy) is 4. The second kappa shape index (κ2) is 16.0. The third kappa shape index (κ3) is 8.87. The van der Waals surface area contributed by atoms with Gasteiger partial charge < -0.3 is 23.8 Å². The molecule has 1 aliphatic carbocycles. The number of anilines is 1. The molecule has 1 aliphatic rings. The van der Waals surface area contributed by atoms with Gasteiger partial charge in [0.2, 0.25) is 11.8 Å². The molecule has 0 unspecified atom stereocenters. The van der Waals surface area contributed by atoms with Gasteiger partial charge in [0, 0.05) is 49.7 Å². The summed E-state index contributed by atoms with van der Waals surface area (Å²) in [6.45, 7) is 3.82. The number of esters is 1. The number of alkyl halides is 3. The molecule has 1 amide bonds. The highest BCUT2D eigenvalue weighted by molar-refractivity contribution is 6.04. The van der Waals surface area contributed by atoms with Gasteiger partial charge in [-0.1, -0.05) is 18.9 Å². The largest absolute Gasteiger partial charge is 0.465 e. The number of aryl methyl sites for hydroxylation is 1. The fraction of sp³-hybridized carbons (Fsp3) is 0.429. The second-order valence-electron chi connectivity index (χ2n) is 11.6. The van der Waals surface area contributed by atoms with Crippen molar-refractivity contribution in [3.05, 3.63) is 76.5 Å². The first-order valence-corrected chi connectivity index (χ1v) is 15.3. The lowest BCUT2D eigenvalue weighted by Gasteiger charge is -2.36. The van der Waals surface area contributed by atoms with E-state index in [2.05, 4.69) is 28.7 Å². The van der Waals surface area contributed by atoms with Gasteiger partial charge in [-0.25, -0.2) is 19.2 Å². The Bertz CT molecular complexity index is 1670. The van der Waals surface area contributed by atoms with Crippen LogP contribution in [0, 0.1) is 36.4 Å². The Morgan fingerprint density at radius 3 is 2.31 bits per heavy atom. The third-order valence-electron chi connectivity index (χ3n) is 7.99. The number of halogens is 4. The highest BCUT2D eigenvalue weighted by Crippen LogP contribution is 2.40. The molecule has 0 aliphatic heterocycles. The molecular formula is C35H37F4N3O6. The van der Waals surface area contributed by atoms with E-state index in [1.807, 2.05) is 0 Å². The van der Waals surface area contributed by atoms with Crippen molar-refractivity contribution in [2.75, 3.05) is 39.4 Å². The Hall–Kier alpha value is -4.54. The fourth-order valence-electron chi connectivity index (χ4n) is 5.53. The molecule has 2 heterocycles. The molecule has 0 spiro atoms. The molecular weight excluding hydrogens is 634 g/mol. The minimum Gasteiger partial charge on any atom is -0.465 e. The Morgan fingerprint density at radius 2 is 1.71 bits per heavy atom. The number of pyridine rings is 2. The Labute approximate surface area is 276 Å². The monoisotopic (exact) mass is 671 g/mol.